The maximum Gasteiger partial charge on any atom is 0.0534 e. The van der Waals surface area contributed by atoms with E-state index in [9.17, 15) is 0 Å². The van der Waals surface area contributed by atoms with Crippen LogP contribution in [0.2, 0.25) is 0 Å². The molecule has 2 bridgehead atoms. The Labute approximate surface area is 156 Å². The molecule has 0 N–H and O–H groups in total. The van der Waals surface area contributed by atoms with Crippen LogP contribution in [0, 0.1) is 12.8 Å². The summed E-state index contributed by atoms with van der Waals surface area (Å²) in [6.45, 7) is 10.1. The van der Waals surface area contributed by atoms with E-state index < -0.39 is 0 Å². The average molecular weight is 351 g/mol. The zero-order chi connectivity index (χ0) is 17.7. The fourth-order valence-electron chi connectivity index (χ4n) is 5.72. The van der Waals surface area contributed by atoms with Gasteiger partial charge in [-0.2, -0.15) is 5.10 Å². The molecule has 0 spiro atoms. The van der Waals surface area contributed by atoms with Crippen LogP contribution in [0.1, 0.15) is 42.4 Å². The number of benzene rings is 1. The zero-order valence-electron chi connectivity index (χ0n) is 16.0. The van der Waals surface area contributed by atoms with Gasteiger partial charge < -0.3 is 0 Å². The highest BCUT2D eigenvalue weighted by Gasteiger charge is 2.53. The van der Waals surface area contributed by atoms with E-state index in [0.29, 0.717) is 18.0 Å². The van der Waals surface area contributed by atoms with Crippen molar-refractivity contribution in [3.63, 3.8) is 0 Å². The van der Waals surface area contributed by atoms with Gasteiger partial charge in [-0.25, -0.2) is 0 Å². The van der Waals surface area contributed by atoms with Gasteiger partial charge in [-0.1, -0.05) is 29.8 Å². The molecule has 4 saturated heterocycles. The number of hydrogen-bond donors (Lipinski definition) is 0. The molecule has 4 aliphatic rings. The minimum absolute atomic E-state index is 0.643. The first-order valence-electron chi connectivity index (χ1n) is 10.3. The molecular formula is C22H30N4. The molecule has 138 valence electrons. The predicted molar refractivity (Wildman–Crippen MR) is 104 cm³/mol. The first-order chi connectivity index (χ1) is 12.7. The Hall–Kier alpha value is -1.65. The van der Waals surface area contributed by atoms with Crippen LogP contribution in [0.15, 0.2) is 36.7 Å². The minimum atomic E-state index is 0.643. The molecule has 2 aromatic rings. The molecule has 4 fully saturated rings. The van der Waals surface area contributed by atoms with Gasteiger partial charge in [-0.3, -0.25) is 14.5 Å². The monoisotopic (exact) mass is 350 g/mol. The maximum absolute atomic E-state index is 4.50. The highest BCUT2D eigenvalue weighted by atomic mass is 15.3. The van der Waals surface area contributed by atoms with E-state index in [-0.39, 0.29) is 0 Å². The van der Waals surface area contributed by atoms with E-state index in [1.165, 1.54) is 49.2 Å². The third-order valence-corrected chi connectivity index (χ3v) is 7.00. The highest BCUT2D eigenvalue weighted by molar-refractivity contribution is 5.30. The van der Waals surface area contributed by atoms with Gasteiger partial charge in [-0.05, 0) is 51.3 Å². The second-order valence-electron chi connectivity index (χ2n) is 8.51. The molecule has 4 aliphatic heterocycles. The number of rotatable bonds is 4. The van der Waals surface area contributed by atoms with Crippen LogP contribution < -0.4 is 0 Å². The Bertz CT molecular complexity index is 757. The van der Waals surface area contributed by atoms with Crippen molar-refractivity contribution in [2.24, 2.45) is 5.92 Å². The molecule has 0 aliphatic carbocycles. The number of aromatic nitrogens is 2. The molecule has 0 radical (unpaired) electrons. The Morgan fingerprint density at radius 1 is 1.08 bits per heavy atom. The summed E-state index contributed by atoms with van der Waals surface area (Å²) in [5, 5.41) is 4.50. The first kappa shape index (κ1) is 16.5. The van der Waals surface area contributed by atoms with Gasteiger partial charge in [0.05, 0.1) is 6.20 Å². The van der Waals surface area contributed by atoms with E-state index in [4.69, 9.17) is 0 Å². The van der Waals surface area contributed by atoms with Gasteiger partial charge in [0.1, 0.15) is 0 Å². The quantitative estimate of drug-likeness (QED) is 0.846. The summed E-state index contributed by atoms with van der Waals surface area (Å²) in [6, 6.07) is 10.7. The molecule has 4 heteroatoms. The number of piperidine rings is 3. The van der Waals surface area contributed by atoms with E-state index in [1.807, 2.05) is 0 Å². The van der Waals surface area contributed by atoms with Crippen molar-refractivity contribution in [3.8, 4) is 0 Å². The zero-order valence-corrected chi connectivity index (χ0v) is 16.0. The Morgan fingerprint density at radius 2 is 1.85 bits per heavy atom. The second-order valence-corrected chi connectivity index (χ2v) is 8.51. The fraction of sp³-hybridized carbons (Fsp3) is 0.591. The fourth-order valence-corrected chi connectivity index (χ4v) is 5.72. The van der Waals surface area contributed by atoms with Gasteiger partial charge in [0.25, 0.3) is 0 Å². The van der Waals surface area contributed by atoms with Crippen molar-refractivity contribution >= 4 is 0 Å². The molecule has 4 nitrogen and oxygen atoms in total. The third-order valence-electron chi connectivity index (χ3n) is 7.00. The van der Waals surface area contributed by atoms with E-state index in [2.05, 4.69) is 70.1 Å². The van der Waals surface area contributed by atoms with Crippen LogP contribution in [-0.4, -0.2) is 51.3 Å². The number of likely N-dealkylation sites (tertiary alicyclic amines) is 1. The SMILES string of the molecule is CCn1cc(CN2C[C@@H](c3ccc(C)cc3)[C@H]3[C@@H]2C2CCN3CC2)cn1. The van der Waals surface area contributed by atoms with E-state index >= 15 is 0 Å². The lowest BCUT2D eigenvalue weighted by Crippen LogP contribution is -2.59. The van der Waals surface area contributed by atoms with Gasteiger partial charge in [0.2, 0.25) is 0 Å². The van der Waals surface area contributed by atoms with Gasteiger partial charge >= 0.3 is 0 Å². The number of fused-ring (bicyclic) bond motifs is 2. The smallest absolute Gasteiger partial charge is 0.0534 e. The second kappa shape index (κ2) is 6.50. The Morgan fingerprint density at radius 3 is 2.54 bits per heavy atom. The van der Waals surface area contributed by atoms with Gasteiger partial charge in [0.15, 0.2) is 0 Å². The normalized spacial score (nSPS) is 33.5. The van der Waals surface area contributed by atoms with Crippen LogP contribution in [0.4, 0.5) is 0 Å². The van der Waals surface area contributed by atoms with Gasteiger partial charge in [-0.15, -0.1) is 0 Å². The Balaban J connectivity index is 1.45. The average Bonchev–Trinajstić information content (AvgIpc) is 3.30. The minimum Gasteiger partial charge on any atom is -0.298 e. The number of nitrogens with zero attached hydrogens (tertiary/aromatic N) is 4. The third kappa shape index (κ3) is 2.71. The number of aryl methyl sites for hydroxylation is 2. The molecule has 1 aromatic heterocycles. The van der Waals surface area contributed by atoms with Crippen LogP contribution in [0.25, 0.3) is 0 Å². The molecule has 6 rings (SSSR count). The molecule has 0 unspecified atom stereocenters. The summed E-state index contributed by atoms with van der Waals surface area (Å²) in [5.41, 5.74) is 4.26. The molecular weight excluding hydrogens is 320 g/mol. The van der Waals surface area contributed by atoms with Crippen molar-refractivity contribution in [1.29, 1.82) is 0 Å². The molecule has 0 amide bonds. The highest BCUT2D eigenvalue weighted by Crippen LogP contribution is 2.46. The van der Waals surface area contributed by atoms with Crippen molar-refractivity contribution in [1.82, 2.24) is 19.6 Å². The van der Waals surface area contributed by atoms with Crippen LogP contribution in [0.3, 0.4) is 0 Å². The summed E-state index contributed by atoms with van der Waals surface area (Å²) in [4.78, 5) is 5.58. The predicted octanol–water partition coefficient (Wildman–Crippen LogP) is 3.27. The van der Waals surface area contributed by atoms with Crippen LogP contribution >= 0.6 is 0 Å². The van der Waals surface area contributed by atoms with Crippen LogP contribution in [0.5, 0.6) is 0 Å². The molecule has 1 aromatic carbocycles. The topological polar surface area (TPSA) is 24.3 Å². The van der Waals surface area contributed by atoms with Gasteiger partial charge in [0, 0.05) is 49.4 Å². The molecule has 0 saturated carbocycles. The van der Waals surface area contributed by atoms with Crippen molar-refractivity contribution in [2.75, 3.05) is 19.6 Å². The number of hydrogen-bond acceptors (Lipinski definition) is 3. The first-order valence-corrected chi connectivity index (χ1v) is 10.3. The van der Waals surface area contributed by atoms with Crippen molar-refractivity contribution in [2.45, 2.75) is 57.8 Å². The standard InChI is InChI=1S/C22H30N4/c1-3-26-14-17(12-23-26)13-25-15-20(18-6-4-16(2)5-7-18)22-21(25)19-8-10-24(22)11-9-19/h4-7,12,14,19-22H,3,8-11,13,15H2,1-2H3/t20-,21-,22-/m0/s1. The molecule has 5 heterocycles. The van der Waals surface area contributed by atoms with Crippen LogP contribution in [-0.2, 0) is 13.1 Å². The lowest BCUT2D eigenvalue weighted by atomic mass is 9.75. The van der Waals surface area contributed by atoms with E-state index in [0.717, 1.165) is 19.0 Å². The summed E-state index contributed by atoms with van der Waals surface area (Å²) in [7, 11) is 0. The summed E-state index contributed by atoms with van der Waals surface area (Å²) < 4.78 is 2.05. The largest absolute Gasteiger partial charge is 0.298 e. The Kier molecular flexibility index (Phi) is 4.13. The summed E-state index contributed by atoms with van der Waals surface area (Å²) in [5.74, 6) is 1.52. The van der Waals surface area contributed by atoms with Crippen molar-refractivity contribution < 1.29 is 0 Å². The molecule has 3 atom stereocenters. The van der Waals surface area contributed by atoms with Crippen molar-refractivity contribution in [3.05, 3.63) is 53.3 Å². The summed E-state index contributed by atoms with van der Waals surface area (Å²) in [6.07, 6.45) is 7.06. The maximum atomic E-state index is 4.50. The lowest BCUT2D eigenvalue weighted by molar-refractivity contribution is -0.00869. The summed E-state index contributed by atoms with van der Waals surface area (Å²) >= 11 is 0. The molecule has 26 heavy (non-hydrogen) atoms. The van der Waals surface area contributed by atoms with E-state index in [1.54, 1.807) is 0 Å². The lowest BCUT2D eigenvalue weighted by Gasteiger charge is -2.51.